The Morgan fingerprint density at radius 1 is 1.30 bits per heavy atom. The molecule has 6 heteroatoms. The molecule has 20 heavy (non-hydrogen) atoms. The topological polar surface area (TPSA) is 38.0 Å². The van der Waals surface area contributed by atoms with Gasteiger partial charge in [-0.1, -0.05) is 29.3 Å². The van der Waals surface area contributed by atoms with Gasteiger partial charge in [0.1, 0.15) is 11.0 Å². The molecule has 1 atom stereocenters. The maximum absolute atomic E-state index is 13.7. The fraction of sp³-hybridized carbons (Fsp3) is 0.357. The van der Waals surface area contributed by atoms with E-state index < -0.39 is 11.9 Å². The Bertz CT molecular complexity index is 608. The van der Waals surface area contributed by atoms with E-state index >= 15 is 0 Å². The molecule has 1 aromatic carbocycles. The van der Waals surface area contributed by atoms with Gasteiger partial charge in [-0.3, -0.25) is 4.68 Å². The fourth-order valence-electron chi connectivity index (χ4n) is 2.18. The van der Waals surface area contributed by atoms with Crippen LogP contribution in [0.3, 0.4) is 0 Å². The Labute approximate surface area is 126 Å². The molecule has 0 fully saturated rings. The molecule has 1 aromatic heterocycles. The van der Waals surface area contributed by atoms with Crippen molar-refractivity contribution < 1.29 is 9.50 Å². The van der Waals surface area contributed by atoms with E-state index in [-0.39, 0.29) is 6.42 Å². The lowest BCUT2D eigenvalue weighted by molar-refractivity contribution is 0.174. The number of hydrogen-bond acceptors (Lipinski definition) is 2. The number of rotatable bonds is 4. The lowest BCUT2D eigenvalue weighted by Crippen LogP contribution is -2.15. The number of hydrogen-bond donors (Lipinski definition) is 1. The van der Waals surface area contributed by atoms with Gasteiger partial charge in [-0.15, -0.1) is 0 Å². The lowest BCUT2D eigenvalue weighted by Gasteiger charge is -2.12. The molecule has 0 saturated heterocycles. The van der Waals surface area contributed by atoms with E-state index in [9.17, 15) is 9.50 Å². The predicted molar refractivity (Wildman–Crippen MR) is 77.8 cm³/mol. The summed E-state index contributed by atoms with van der Waals surface area (Å²) in [5.74, 6) is -0.412. The molecule has 0 aliphatic carbocycles. The minimum Gasteiger partial charge on any atom is -0.392 e. The first kappa shape index (κ1) is 15.3. The van der Waals surface area contributed by atoms with Crippen molar-refractivity contribution in [3.05, 3.63) is 51.0 Å². The average Bonchev–Trinajstić information content (AvgIpc) is 2.61. The summed E-state index contributed by atoms with van der Waals surface area (Å²) in [5.41, 5.74) is 1.85. The molecular formula is C14H15Cl2FN2O. The van der Waals surface area contributed by atoms with Crippen LogP contribution >= 0.6 is 23.2 Å². The molecule has 3 nitrogen and oxygen atoms in total. The van der Waals surface area contributed by atoms with Gasteiger partial charge >= 0.3 is 0 Å². The summed E-state index contributed by atoms with van der Waals surface area (Å²) in [6, 6.07) is 4.47. The second kappa shape index (κ2) is 6.12. The van der Waals surface area contributed by atoms with Gasteiger partial charge in [-0.2, -0.15) is 5.10 Å². The van der Waals surface area contributed by atoms with E-state index in [0.717, 1.165) is 11.3 Å². The maximum Gasteiger partial charge on any atom is 0.130 e. The summed E-state index contributed by atoms with van der Waals surface area (Å²) in [6.07, 6.45) is -0.330. The van der Waals surface area contributed by atoms with E-state index in [1.807, 2.05) is 6.92 Å². The molecule has 0 saturated carbocycles. The first-order valence-electron chi connectivity index (χ1n) is 6.19. The molecule has 0 aliphatic rings. The zero-order valence-electron chi connectivity index (χ0n) is 11.2. The Morgan fingerprint density at radius 3 is 2.50 bits per heavy atom. The molecule has 2 rings (SSSR count). The van der Waals surface area contributed by atoms with Crippen LogP contribution < -0.4 is 0 Å². The highest BCUT2D eigenvalue weighted by Gasteiger charge is 2.18. The van der Waals surface area contributed by atoms with Crippen LogP contribution in [0.1, 0.15) is 16.8 Å². The van der Waals surface area contributed by atoms with Crippen molar-refractivity contribution in [1.29, 1.82) is 0 Å². The zero-order chi connectivity index (χ0) is 14.9. The monoisotopic (exact) mass is 316 g/mol. The van der Waals surface area contributed by atoms with E-state index in [1.165, 1.54) is 12.1 Å². The summed E-state index contributed by atoms with van der Waals surface area (Å²) in [4.78, 5) is 0. The molecule has 1 unspecified atom stereocenters. The third-order valence-corrected chi connectivity index (χ3v) is 4.04. The van der Waals surface area contributed by atoms with Crippen LogP contribution in [-0.2, 0) is 19.9 Å². The van der Waals surface area contributed by atoms with Gasteiger partial charge in [0.05, 0.1) is 11.8 Å². The van der Waals surface area contributed by atoms with Crippen molar-refractivity contribution in [2.24, 2.45) is 7.05 Å². The molecule has 2 aromatic rings. The van der Waals surface area contributed by atoms with Gasteiger partial charge in [0.15, 0.2) is 0 Å². The number of aromatic nitrogens is 2. The summed E-state index contributed by atoms with van der Waals surface area (Å²) in [7, 11) is 1.74. The van der Waals surface area contributed by atoms with Crippen LogP contribution in [0.4, 0.5) is 4.39 Å². The number of aliphatic hydroxyl groups excluding tert-OH is 1. The standard InChI is InChI=1S/C14H15Cl2FN2O/c1-8-10(14(16)19(2)18-8)6-9(20)7-11-12(15)4-3-5-13(11)17/h3-5,9,20H,6-7H2,1-2H3. The minimum atomic E-state index is -0.773. The lowest BCUT2D eigenvalue weighted by atomic mass is 10.0. The Morgan fingerprint density at radius 2 is 1.95 bits per heavy atom. The smallest absolute Gasteiger partial charge is 0.130 e. The highest BCUT2D eigenvalue weighted by molar-refractivity contribution is 6.31. The van der Waals surface area contributed by atoms with E-state index in [1.54, 1.807) is 17.8 Å². The van der Waals surface area contributed by atoms with Crippen LogP contribution in [0.25, 0.3) is 0 Å². The summed E-state index contributed by atoms with van der Waals surface area (Å²) >= 11 is 12.1. The quantitative estimate of drug-likeness (QED) is 0.939. The summed E-state index contributed by atoms with van der Waals surface area (Å²) in [5, 5.41) is 15.1. The predicted octanol–water partition coefficient (Wildman–Crippen LogP) is 3.32. The van der Waals surface area contributed by atoms with Crippen molar-refractivity contribution >= 4 is 23.2 Å². The Hall–Kier alpha value is -1.10. The minimum absolute atomic E-state index is 0.135. The van der Waals surface area contributed by atoms with Gasteiger partial charge in [0.25, 0.3) is 0 Å². The second-order valence-corrected chi connectivity index (χ2v) is 5.51. The van der Waals surface area contributed by atoms with Gasteiger partial charge in [0.2, 0.25) is 0 Å². The van der Waals surface area contributed by atoms with Gasteiger partial charge in [-0.05, 0) is 19.1 Å². The summed E-state index contributed by atoms with van der Waals surface area (Å²) in [6.45, 7) is 1.82. The number of halogens is 3. The van der Waals surface area contributed by atoms with E-state index in [0.29, 0.717) is 22.2 Å². The molecule has 0 spiro atoms. The zero-order valence-corrected chi connectivity index (χ0v) is 12.7. The number of aliphatic hydroxyl groups is 1. The molecule has 1 heterocycles. The SMILES string of the molecule is Cc1nn(C)c(Cl)c1CC(O)Cc1c(F)cccc1Cl. The number of nitrogens with zero attached hydrogens (tertiary/aromatic N) is 2. The van der Waals surface area contributed by atoms with Crippen LogP contribution in [-0.4, -0.2) is 21.0 Å². The molecular weight excluding hydrogens is 302 g/mol. The molecule has 0 radical (unpaired) electrons. The molecule has 0 amide bonds. The van der Waals surface area contributed by atoms with Crippen LogP contribution in [0.5, 0.6) is 0 Å². The fourth-order valence-corrected chi connectivity index (χ4v) is 2.67. The van der Waals surface area contributed by atoms with Gasteiger partial charge < -0.3 is 5.11 Å². The van der Waals surface area contributed by atoms with Crippen molar-refractivity contribution in [3.8, 4) is 0 Å². The molecule has 0 aliphatic heterocycles. The van der Waals surface area contributed by atoms with Crippen LogP contribution in [0.15, 0.2) is 18.2 Å². The first-order valence-corrected chi connectivity index (χ1v) is 6.94. The summed E-state index contributed by atoms with van der Waals surface area (Å²) < 4.78 is 15.2. The normalized spacial score (nSPS) is 12.7. The number of benzene rings is 1. The largest absolute Gasteiger partial charge is 0.392 e. The van der Waals surface area contributed by atoms with Crippen LogP contribution in [0.2, 0.25) is 10.2 Å². The van der Waals surface area contributed by atoms with Crippen molar-refractivity contribution in [3.63, 3.8) is 0 Å². The Balaban J connectivity index is 2.15. The van der Waals surface area contributed by atoms with Gasteiger partial charge in [0, 0.05) is 36.0 Å². The van der Waals surface area contributed by atoms with E-state index in [2.05, 4.69) is 5.10 Å². The third kappa shape index (κ3) is 3.14. The third-order valence-electron chi connectivity index (χ3n) is 3.21. The highest BCUT2D eigenvalue weighted by Crippen LogP contribution is 2.24. The highest BCUT2D eigenvalue weighted by atomic mass is 35.5. The van der Waals surface area contributed by atoms with Crippen molar-refractivity contribution in [1.82, 2.24) is 9.78 Å². The second-order valence-electron chi connectivity index (χ2n) is 4.74. The molecule has 108 valence electrons. The number of aryl methyl sites for hydroxylation is 2. The van der Waals surface area contributed by atoms with Crippen molar-refractivity contribution in [2.45, 2.75) is 25.9 Å². The Kier molecular flexibility index (Phi) is 4.68. The maximum atomic E-state index is 13.7. The van der Waals surface area contributed by atoms with Gasteiger partial charge in [-0.25, -0.2) is 4.39 Å². The average molecular weight is 317 g/mol. The molecule has 1 N–H and O–H groups in total. The van der Waals surface area contributed by atoms with Crippen LogP contribution in [0, 0.1) is 12.7 Å². The molecule has 0 bridgehead atoms. The van der Waals surface area contributed by atoms with Crippen molar-refractivity contribution in [2.75, 3.05) is 0 Å². The van der Waals surface area contributed by atoms with E-state index in [4.69, 9.17) is 23.2 Å². The first-order chi connectivity index (χ1) is 9.40.